The summed E-state index contributed by atoms with van der Waals surface area (Å²) < 4.78 is 22.8. The van der Waals surface area contributed by atoms with E-state index in [9.17, 15) is 9.18 Å². The van der Waals surface area contributed by atoms with E-state index in [0.717, 1.165) is 0 Å². The molecule has 4 nitrogen and oxygen atoms in total. The summed E-state index contributed by atoms with van der Waals surface area (Å²) in [6.07, 6.45) is 0. The van der Waals surface area contributed by atoms with Gasteiger partial charge in [-0.25, -0.2) is 9.18 Å². The highest BCUT2D eigenvalue weighted by atomic mass is 19.1. The van der Waals surface area contributed by atoms with E-state index in [0.29, 0.717) is 5.56 Å². The summed E-state index contributed by atoms with van der Waals surface area (Å²) in [5, 5.41) is 0. The smallest absolute Gasteiger partial charge is 0.327 e. The molecule has 2 N–H and O–H groups in total. The molecule has 0 fully saturated rings. The molecule has 0 saturated carbocycles. The summed E-state index contributed by atoms with van der Waals surface area (Å²) in [6, 6.07) is 3.15. The van der Waals surface area contributed by atoms with Crippen molar-refractivity contribution >= 4 is 5.97 Å². The molecule has 0 aliphatic rings. The summed E-state index contributed by atoms with van der Waals surface area (Å²) in [5.41, 5.74) is 5.96. The van der Waals surface area contributed by atoms with Crippen LogP contribution in [0.2, 0.25) is 0 Å². The number of benzene rings is 1. The lowest BCUT2D eigenvalue weighted by Gasteiger charge is -2.11. The zero-order valence-electron chi connectivity index (χ0n) is 9.20. The fourth-order valence-corrected chi connectivity index (χ4v) is 1.24. The Morgan fingerprint density at radius 3 is 2.75 bits per heavy atom. The summed E-state index contributed by atoms with van der Waals surface area (Å²) >= 11 is 0. The number of hydrogen-bond acceptors (Lipinski definition) is 4. The van der Waals surface area contributed by atoms with Crippen molar-refractivity contribution < 1.29 is 18.7 Å². The minimum Gasteiger partial charge on any atom is -0.494 e. The van der Waals surface area contributed by atoms with Crippen molar-refractivity contribution in [2.24, 2.45) is 5.73 Å². The molecule has 1 atom stereocenters. The van der Waals surface area contributed by atoms with E-state index in [2.05, 4.69) is 0 Å². The van der Waals surface area contributed by atoms with Crippen molar-refractivity contribution in [1.29, 1.82) is 0 Å². The van der Waals surface area contributed by atoms with Crippen molar-refractivity contribution in [2.45, 2.75) is 13.0 Å². The van der Waals surface area contributed by atoms with E-state index >= 15 is 0 Å². The summed E-state index contributed by atoms with van der Waals surface area (Å²) in [4.78, 5) is 11.3. The second kappa shape index (κ2) is 5.46. The maximum Gasteiger partial charge on any atom is 0.327 e. The lowest BCUT2D eigenvalue weighted by Crippen LogP contribution is -2.23. The van der Waals surface area contributed by atoms with Crippen LogP contribution in [0.4, 0.5) is 4.39 Å². The monoisotopic (exact) mass is 227 g/mol. The third-order valence-corrected chi connectivity index (χ3v) is 2.08. The minimum absolute atomic E-state index is 0.111. The van der Waals surface area contributed by atoms with Crippen LogP contribution in [0.3, 0.4) is 0 Å². The molecule has 0 heterocycles. The topological polar surface area (TPSA) is 61.5 Å². The fraction of sp³-hybridized carbons (Fsp3) is 0.364. The molecule has 0 saturated heterocycles. The Balaban J connectivity index is 2.88. The molecule has 0 spiro atoms. The van der Waals surface area contributed by atoms with Crippen molar-refractivity contribution in [3.8, 4) is 5.75 Å². The van der Waals surface area contributed by atoms with Gasteiger partial charge in [-0.3, -0.25) is 0 Å². The number of methoxy groups -OCH3 is 1. The summed E-state index contributed by atoms with van der Waals surface area (Å²) in [5.74, 6) is -1.02. The van der Waals surface area contributed by atoms with Gasteiger partial charge in [-0.2, -0.15) is 0 Å². The van der Waals surface area contributed by atoms with Crippen LogP contribution in [0.5, 0.6) is 5.75 Å². The number of esters is 1. The third kappa shape index (κ3) is 2.70. The van der Waals surface area contributed by atoms with E-state index in [1.807, 2.05) is 0 Å². The highest BCUT2D eigenvalue weighted by Gasteiger charge is 2.18. The van der Waals surface area contributed by atoms with Gasteiger partial charge < -0.3 is 15.2 Å². The van der Waals surface area contributed by atoms with E-state index < -0.39 is 17.8 Å². The molecular formula is C11H14FNO3. The number of ether oxygens (including phenoxy) is 2. The SMILES string of the molecule is CCOC(=O)C(N)c1ccc(OC)c(F)c1. The van der Waals surface area contributed by atoms with E-state index in [-0.39, 0.29) is 12.4 Å². The molecule has 0 aliphatic carbocycles. The van der Waals surface area contributed by atoms with Crippen LogP contribution in [0.25, 0.3) is 0 Å². The number of rotatable bonds is 4. The lowest BCUT2D eigenvalue weighted by molar-refractivity contribution is -0.144. The maximum absolute atomic E-state index is 13.3. The number of nitrogens with two attached hydrogens (primary N) is 1. The second-order valence-corrected chi connectivity index (χ2v) is 3.12. The standard InChI is InChI=1S/C11H14FNO3/c1-3-16-11(14)10(13)7-4-5-9(15-2)8(12)6-7/h4-6,10H,3,13H2,1-2H3. The Hall–Kier alpha value is -1.62. The van der Waals surface area contributed by atoms with Gasteiger partial charge in [0, 0.05) is 0 Å². The van der Waals surface area contributed by atoms with Crippen molar-refractivity contribution in [1.82, 2.24) is 0 Å². The predicted octanol–water partition coefficient (Wildman–Crippen LogP) is 1.40. The maximum atomic E-state index is 13.3. The van der Waals surface area contributed by atoms with Gasteiger partial charge in [-0.15, -0.1) is 0 Å². The minimum atomic E-state index is -0.972. The molecule has 5 heteroatoms. The molecule has 1 aromatic rings. The van der Waals surface area contributed by atoms with Crippen LogP contribution in [0, 0.1) is 5.82 Å². The Kier molecular flexibility index (Phi) is 4.25. The van der Waals surface area contributed by atoms with E-state index in [1.165, 1.54) is 25.3 Å². The van der Waals surface area contributed by atoms with Crippen LogP contribution in [-0.2, 0) is 9.53 Å². The van der Waals surface area contributed by atoms with Crippen LogP contribution in [0.15, 0.2) is 18.2 Å². The average Bonchev–Trinajstić information content (AvgIpc) is 2.28. The van der Waals surface area contributed by atoms with E-state index in [4.69, 9.17) is 15.2 Å². The van der Waals surface area contributed by atoms with Gasteiger partial charge in [0.1, 0.15) is 6.04 Å². The summed E-state index contributed by atoms with van der Waals surface area (Å²) in [7, 11) is 1.36. The van der Waals surface area contributed by atoms with Crippen LogP contribution in [0.1, 0.15) is 18.5 Å². The molecule has 16 heavy (non-hydrogen) atoms. The molecule has 88 valence electrons. The first-order chi connectivity index (χ1) is 7.60. The van der Waals surface area contributed by atoms with Gasteiger partial charge in [0.15, 0.2) is 11.6 Å². The van der Waals surface area contributed by atoms with Crippen molar-refractivity contribution in [2.75, 3.05) is 13.7 Å². The van der Waals surface area contributed by atoms with Gasteiger partial charge in [0.2, 0.25) is 0 Å². The summed E-state index contributed by atoms with van der Waals surface area (Å²) in [6.45, 7) is 1.92. The highest BCUT2D eigenvalue weighted by Crippen LogP contribution is 2.21. The van der Waals surface area contributed by atoms with Gasteiger partial charge >= 0.3 is 5.97 Å². The number of carbonyl (C=O) groups excluding carboxylic acids is 1. The first kappa shape index (κ1) is 12.4. The lowest BCUT2D eigenvalue weighted by atomic mass is 10.1. The Labute approximate surface area is 93.2 Å². The van der Waals surface area contributed by atoms with Crippen molar-refractivity contribution in [3.63, 3.8) is 0 Å². The Bertz CT molecular complexity index is 381. The van der Waals surface area contributed by atoms with Gasteiger partial charge in [-0.1, -0.05) is 6.07 Å². The van der Waals surface area contributed by atoms with Crippen molar-refractivity contribution in [3.05, 3.63) is 29.6 Å². The Morgan fingerprint density at radius 2 is 2.25 bits per heavy atom. The number of halogens is 1. The largest absolute Gasteiger partial charge is 0.494 e. The molecule has 1 unspecified atom stereocenters. The molecule has 1 rings (SSSR count). The first-order valence-electron chi connectivity index (χ1n) is 4.85. The van der Waals surface area contributed by atoms with Gasteiger partial charge in [-0.05, 0) is 24.6 Å². The quantitative estimate of drug-likeness (QED) is 0.790. The molecule has 0 amide bonds. The highest BCUT2D eigenvalue weighted by molar-refractivity contribution is 5.77. The average molecular weight is 227 g/mol. The van der Waals surface area contributed by atoms with Crippen LogP contribution in [-0.4, -0.2) is 19.7 Å². The molecule has 1 aromatic carbocycles. The van der Waals surface area contributed by atoms with Gasteiger partial charge in [0.25, 0.3) is 0 Å². The normalized spacial score (nSPS) is 12.0. The molecule has 0 aliphatic heterocycles. The molecular weight excluding hydrogens is 213 g/mol. The van der Waals surface area contributed by atoms with E-state index in [1.54, 1.807) is 6.92 Å². The Morgan fingerprint density at radius 1 is 1.56 bits per heavy atom. The zero-order valence-corrected chi connectivity index (χ0v) is 9.20. The second-order valence-electron chi connectivity index (χ2n) is 3.12. The van der Waals surface area contributed by atoms with Gasteiger partial charge in [0.05, 0.1) is 13.7 Å². The first-order valence-corrected chi connectivity index (χ1v) is 4.85. The fourth-order valence-electron chi connectivity index (χ4n) is 1.24. The molecule has 0 bridgehead atoms. The third-order valence-electron chi connectivity index (χ3n) is 2.08. The van der Waals surface area contributed by atoms with Crippen LogP contribution < -0.4 is 10.5 Å². The molecule has 0 aromatic heterocycles. The number of hydrogen-bond donors (Lipinski definition) is 1. The zero-order chi connectivity index (χ0) is 12.1. The molecule has 0 radical (unpaired) electrons. The van der Waals surface area contributed by atoms with Crippen LogP contribution >= 0.6 is 0 Å². The number of carbonyl (C=O) groups is 1. The predicted molar refractivity (Wildman–Crippen MR) is 56.5 cm³/mol.